The number of nitrogens with one attached hydrogen (secondary N) is 1. The molecule has 0 saturated heterocycles. The summed E-state index contributed by atoms with van der Waals surface area (Å²) in [5.74, 6) is 0.633. The summed E-state index contributed by atoms with van der Waals surface area (Å²) in [5.41, 5.74) is 2.70. The van der Waals surface area contributed by atoms with Gasteiger partial charge in [0.05, 0.1) is 11.9 Å². The van der Waals surface area contributed by atoms with Crippen molar-refractivity contribution in [2.45, 2.75) is 17.4 Å². The third kappa shape index (κ3) is 4.99. The van der Waals surface area contributed by atoms with Crippen molar-refractivity contribution in [1.29, 1.82) is 0 Å². The molecule has 0 aliphatic heterocycles. The van der Waals surface area contributed by atoms with Gasteiger partial charge in [-0.15, -0.1) is 0 Å². The van der Waals surface area contributed by atoms with E-state index in [0.29, 0.717) is 24.1 Å². The number of benzene rings is 2. The van der Waals surface area contributed by atoms with E-state index in [0.717, 1.165) is 16.8 Å². The fourth-order valence-corrected chi connectivity index (χ4v) is 3.32. The molecule has 2 aromatic carbocycles. The summed E-state index contributed by atoms with van der Waals surface area (Å²) in [7, 11) is 1.60. The lowest BCUT2D eigenvalue weighted by atomic mass is 10.1. The molecule has 0 spiro atoms. The van der Waals surface area contributed by atoms with Crippen LogP contribution in [-0.2, 0) is 9.53 Å². The van der Waals surface area contributed by atoms with Crippen LogP contribution in [0.3, 0.4) is 0 Å². The molecule has 3 aromatic rings. The first-order chi connectivity index (χ1) is 13.2. The van der Waals surface area contributed by atoms with Crippen molar-refractivity contribution in [2.24, 2.45) is 0 Å². The van der Waals surface area contributed by atoms with E-state index in [-0.39, 0.29) is 11.2 Å². The monoisotopic (exact) mass is 382 g/mol. The Bertz CT molecular complexity index is 809. The average molecular weight is 382 g/mol. The molecule has 0 unspecified atom stereocenters. The first-order valence-corrected chi connectivity index (χ1v) is 9.62. The smallest absolute Gasteiger partial charge is 0.257 e. The summed E-state index contributed by atoms with van der Waals surface area (Å²) in [6, 6.07) is 19.8. The third-order valence-electron chi connectivity index (χ3n) is 3.94. The van der Waals surface area contributed by atoms with Crippen LogP contribution in [0.1, 0.15) is 6.92 Å². The highest BCUT2D eigenvalue weighted by Gasteiger charge is 2.21. The highest BCUT2D eigenvalue weighted by molar-refractivity contribution is 8.00. The van der Waals surface area contributed by atoms with E-state index in [2.05, 4.69) is 10.3 Å². The molecule has 5 nitrogen and oxygen atoms in total. The number of hydrogen-bond acceptors (Lipinski definition) is 5. The molecule has 1 aromatic heterocycles. The Morgan fingerprint density at radius 3 is 2.37 bits per heavy atom. The second-order valence-corrected chi connectivity index (χ2v) is 7.23. The zero-order valence-electron chi connectivity index (χ0n) is 15.3. The topological polar surface area (TPSA) is 64.4 Å². The minimum Gasteiger partial charge on any atom is -0.431 e. The molecule has 1 amide bonds. The number of carbonyl (C=O) groups is 1. The fraction of sp³-hybridized carbons (Fsp3) is 0.238. The predicted octanol–water partition coefficient (Wildman–Crippen LogP) is 4.25. The number of rotatable bonds is 8. The number of carbonyl (C=O) groups excluding carboxylic acids is 1. The van der Waals surface area contributed by atoms with Crippen molar-refractivity contribution in [2.75, 3.05) is 20.3 Å². The maximum Gasteiger partial charge on any atom is 0.257 e. The molecule has 1 N–H and O–H groups in total. The Hall–Kier alpha value is -2.57. The molecular weight excluding hydrogens is 360 g/mol. The standard InChI is InChI=1S/C21H22N2O3S/c1-15(20(24)22-13-14-25-2)27-21-23-18(16-9-5-3-6-10-16)19(26-21)17-11-7-4-8-12-17/h3-12,15H,13-14H2,1-2H3,(H,22,24)/t15-/m0/s1. The van der Waals surface area contributed by atoms with Crippen LogP contribution in [0.15, 0.2) is 70.3 Å². The summed E-state index contributed by atoms with van der Waals surface area (Å²) >= 11 is 1.30. The minimum absolute atomic E-state index is 0.0715. The number of ether oxygens (including phenoxy) is 1. The largest absolute Gasteiger partial charge is 0.431 e. The highest BCUT2D eigenvalue weighted by atomic mass is 32.2. The van der Waals surface area contributed by atoms with Crippen LogP contribution >= 0.6 is 11.8 Å². The van der Waals surface area contributed by atoms with Gasteiger partial charge >= 0.3 is 0 Å². The van der Waals surface area contributed by atoms with Crippen LogP contribution in [-0.4, -0.2) is 36.4 Å². The van der Waals surface area contributed by atoms with E-state index in [1.165, 1.54) is 11.8 Å². The molecule has 6 heteroatoms. The molecule has 1 atom stereocenters. The van der Waals surface area contributed by atoms with Gasteiger partial charge in [0.1, 0.15) is 5.69 Å². The van der Waals surface area contributed by atoms with E-state index in [1.807, 2.05) is 67.6 Å². The normalized spacial score (nSPS) is 11.9. The second kappa shape index (κ2) is 9.39. The van der Waals surface area contributed by atoms with E-state index in [1.54, 1.807) is 7.11 Å². The van der Waals surface area contributed by atoms with Crippen LogP contribution in [0.5, 0.6) is 0 Å². The maximum atomic E-state index is 12.2. The molecule has 0 aliphatic rings. The molecule has 0 aliphatic carbocycles. The minimum atomic E-state index is -0.326. The van der Waals surface area contributed by atoms with Crippen molar-refractivity contribution < 1.29 is 13.9 Å². The van der Waals surface area contributed by atoms with E-state index < -0.39 is 0 Å². The molecule has 140 valence electrons. The van der Waals surface area contributed by atoms with Gasteiger partial charge in [0.2, 0.25) is 5.91 Å². The summed E-state index contributed by atoms with van der Waals surface area (Å²) in [6.07, 6.45) is 0. The van der Waals surface area contributed by atoms with Gasteiger partial charge in [0, 0.05) is 24.8 Å². The third-order valence-corrected chi connectivity index (χ3v) is 4.89. The molecule has 1 heterocycles. The number of oxazole rings is 1. The number of methoxy groups -OCH3 is 1. The highest BCUT2D eigenvalue weighted by Crippen LogP contribution is 2.36. The van der Waals surface area contributed by atoms with E-state index in [4.69, 9.17) is 9.15 Å². The summed E-state index contributed by atoms with van der Waals surface area (Å²) < 4.78 is 11.0. The lowest BCUT2D eigenvalue weighted by Crippen LogP contribution is -2.33. The number of nitrogens with zero attached hydrogens (tertiary/aromatic N) is 1. The second-order valence-electron chi connectivity index (χ2n) is 5.93. The lowest BCUT2D eigenvalue weighted by molar-refractivity contribution is -0.120. The van der Waals surface area contributed by atoms with Gasteiger partial charge in [-0.25, -0.2) is 4.98 Å². The first kappa shape index (κ1) is 19.2. The Kier molecular flexibility index (Phi) is 6.68. The van der Waals surface area contributed by atoms with Gasteiger partial charge in [-0.1, -0.05) is 72.4 Å². The van der Waals surface area contributed by atoms with Gasteiger partial charge in [-0.05, 0) is 6.92 Å². The molecule has 0 fully saturated rings. The molecule has 3 rings (SSSR count). The lowest BCUT2D eigenvalue weighted by Gasteiger charge is -2.09. The molecule has 0 radical (unpaired) electrons. The van der Waals surface area contributed by atoms with E-state index in [9.17, 15) is 4.79 Å². The Morgan fingerprint density at radius 2 is 1.74 bits per heavy atom. The molecule has 27 heavy (non-hydrogen) atoms. The van der Waals surface area contributed by atoms with Crippen molar-refractivity contribution >= 4 is 17.7 Å². The zero-order chi connectivity index (χ0) is 19.1. The van der Waals surface area contributed by atoms with Gasteiger partial charge in [0.25, 0.3) is 5.22 Å². The van der Waals surface area contributed by atoms with Crippen molar-refractivity contribution in [1.82, 2.24) is 10.3 Å². The Balaban J connectivity index is 1.85. The molecule has 0 saturated carbocycles. The first-order valence-electron chi connectivity index (χ1n) is 8.74. The average Bonchev–Trinajstić information content (AvgIpc) is 3.13. The molecule has 0 bridgehead atoms. The summed E-state index contributed by atoms with van der Waals surface area (Å²) in [6.45, 7) is 2.80. The predicted molar refractivity (Wildman–Crippen MR) is 108 cm³/mol. The van der Waals surface area contributed by atoms with Gasteiger partial charge < -0.3 is 14.5 Å². The van der Waals surface area contributed by atoms with Crippen molar-refractivity contribution in [3.8, 4) is 22.6 Å². The molecular formula is C21H22N2O3S. The van der Waals surface area contributed by atoms with Crippen LogP contribution in [0.2, 0.25) is 0 Å². The Morgan fingerprint density at radius 1 is 1.11 bits per heavy atom. The number of hydrogen-bond donors (Lipinski definition) is 1. The van der Waals surface area contributed by atoms with Crippen LogP contribution in [0, 0.1) is 0 Å². The number of aromatic nitrogens is 1. The van der Waals surface area contributed by atoms with Gasteiger partial charge in [-0.2, -0.15) is 0 Å². The summed E-state index contributed by atoms with van der Waals surface area (Å²) in [5, 5.41) is 2.98. The van der Waals surface area contributed by atoms with Crippen molar-refractivity contribution in [3.63, 3.8) is 0 Å². The zero-order valence-corrected chi connectivity index (χ0v) is 16.2. The Labute approximate surface area is 163 Å². The van der Waals surface area contributed by atoms with Crippen molar-refractivity contribution in [3.05, 3.63) is 60.7 Å². The van der Waals surface area contributed by atoms with Crippen LogP contribution in [0.25, 0.3) is 22.6 Å². The van der Waals surface area contributed by atoms with Crippen LogP contribution in [0.4, 0.5) is 0 Å². The SMILES string of the molecule is COCCNC(=O)[C@H](C)Sc1nc(-c2ccccc2)c(-c2ccccc2)o1. The number of thioether (sulfide) groups is 1. The fourth-order valence-electron chi connectivity index (χ4n) is 2.55. The maximum absolute atomic E-state index is 12.2. The quantitative estimate of drug-likeness (QED) is 0.466. The summed E-state index contributed by atoms with van der Waals surface area (Å²) in [4.78, 5) is 16.9. The van der Waals surface area contributed by atoms with Crippen LogP contribution < -0.4 is 5.32 Å². The van der Waals surface area contributed by atoms with E-state index >= 15 is 0 Å². The van der Waals surface area contributed by atoms with Gasteiger partial charge in [0.15, 0.2) is 5.76 Å². The number of amides is 1. The van der Waals surface area contributed by atoms with Gasteiger partial charge in [-0.3, -0.25) is 4.79 Å².